The van der Waals surface area contributed by atoms with Gasteiger partial charge in [0.25, 0.3) is 0 Å². The number of amides is 2. The van der Waals surface area contributed by atoms with Gasteiger partial charge in [-0.3, -0.25) is 14.5 Å². The lowest BCUT2D eigenvalue weighted by molar-refractivity contribution is -0.142. The molecule has 0 saturated carbocycles. The average molecular weight is 396 g/mol. The molecule has 1 atom stereocenters. The molecule has 1 unspecified atom stereocenters. The lowest BCUT2D eigenvalue weighted by Crippen LogP contribution is -2.57. The molecular formula is C19H26F2N4O3. The van der Waals surface area contributed by atoms with E-state index in [1.165, 1.54) is 17.0 Å². The number of hydrogen-bond acceptors (Lipinski definition) is 5. The zero-order valence-electron chi connectivity index (χ0n) is 15.7. The summed E-state index contributed by atoms with van der Waals surface area (Å²) in [6, 6.07) is 2.59. The minimum atomic E-state index is -0.676. The number of carbonyl (C=O) groups is 2. The normalized spacial score (nSPS) is 21.2. The van der Waals surface area contributed by atoms with Crippen molar-refractivity contribution >= 4 is 11.8 Å². The van der Waals surface area contributed by atoms with E-state index in [1.54, 1.807) is 4.90 Å². The lowest BCUT2D eigenvalue weighted by Gasteiger charge is -2.37. The Labute approximate surface area is 162 Å². The molecule has 0 aliphatic carbocycles. The van der Waals surface area contributed by atoms with Crippen LogP contribution in [0.3, 0.4) is 0 Å². The molecule has 154 valence electrons. The monoisotopic (exact) mass is 396 g/mol. The first kappa shape index (κ1) is 20.6. The Morgan fingerprint density at radius 3 is 2.43 bits per heavy atom. The van der Waals surface area contributed by atoms with Crippen LogP contribution in [0, 0.1) is 11.6 Å². The van der Waals surface area contributed by atoms with Gasteiger partial charge in [0.05, 0.1) is 19.1 Å². The van der Waals surface area contributed by atoms with Gasteiger partial charge in [0.1, 0.15) is 11.6 Å². The fourth-order valence-electron chi connectivity index (χ4n) is 3.70. The second kappa shape index (κ2) is 9.40. The number of rotatable bonds is 6. The summed E-state index contributed by atoms with van der Waals surface area (Å²) in [5.41, 5.74) is 0.387. The van der Waals surface area contributed by atoms with E-state index in [4.69, 9.17) is 5.11 Å². The van der Waals surface area contributed by atoms with Crippen molar-refractivity contribution in [1.82, 2.24) is 20.0 Å². The van der Waals surface area contributed by atoms with Crippen molar-refractivity contribution in [2.75, 3.05) is 52.4 Å². The highest BCUT2D eigenvalue weighted by Crippen LogP contribution is 2.15. The van der Waals surface area contributed by atoms with E-state index < -0.39 is 17.7 Å². The van der Waals surface area contributed by atoms with Crippen molar-refractivity contribution in [3.63, 3.8) is 0 Å². The van der Waals surface area contributed by atoms with Gasteiger partial charge in [0.15, 0.2) is 0 Å². The molecule has 0 radical (unpaired) electrons. The molecular weight excluding hydrogens is 370 g/mol. The molecule has 2 N–H and O–H groups in total. The summed E-state index contributed by atoms with van der Waals surface area (Å²) in [6.45, 7) is 4.30. The molecule has 1 aromatic carbocycles. The molecule has 1 aromatic rings. The van der Waals surface area contributed by atoms with Crippen LogP contribution in [0.4, 0.5) is 8.78 Å². The largest absolute Gasteiger partial charge is 0.395 e. The maximum Gasteiger partial charge on any atom is 0.240 e. The predicted octanol–water partition coefficient (Wildman–Crippen LogP) is -0.208. The Hall–Kier alpha value is -2.10. The second-order valence-corrected chi connectivity index (χ2v) is 7.19. The quantitative estimate of drug-likeness (QED) is 0.696. The summed E-state index contributed by atoms with van der Waals surface area (Å²) >= 11 is 0. The molecule has 2 fully saturated rings. The number of aliphatic hydroxyl groups excluding tert-OH is 1. The second-order valence-electron chi connectivity index (χ2n) is 7.19. The summed E-state index contributed by atoms with van der Waals surface area (Å²) < 4.78 is 26.8. The van der Waals surface area contributed by atoms with E-state index in [2.05, 4.69) is 10.2 Å². The van der Waals surface area contributed by atoms with Gasteiger partial charge in [-0.15, -0.1) is 0 Å². The topological polar surface area (TPSA) is 76.1 Å². The van der Waals surface area contributed by atoms with Crippen LogP contribution in [-0.4, -0.2) is 90.1 Å². The van der Waals surface area contributed by atoms with E-state index in [0.29, 0.717) is 51.4 Å². The fourth-order valence-corrected chi connectivity index (χ4v) is 3.70. The molecule has 2 heterocycles. The molecule has 3 rings (SSSR count). The van der Waals surface area contributed by atoms with Crippen molar-refractivity contribution in [2.24, 2.45) is 0 Å². The Morgan fingerprint density at radius 1 is 1.11 bits per heavy atom. The molecule has 28 heavy (non-hydrogen) atoms. The molecule has 2 aliphatic heterocycles. The number of halogens is 2. The lowest BCUT2D eigenvalue weighted by atomic mass is 10.1. The maximum atomic E-state index is 13.4. The average Bonchev–Trinajstić information content (AvgIpc) is 2.65. The number of hydrogen-bond donors (Lipinski definition) is 2. The van der Waals surface area contributed by atoms with E-state index in [0.717, 1.165) is 6.07 Å². The third-order valence-electron chi connectivity index (χ3n) is 5.20. The number of carbonyl (C=O) groups excluding carboxylic acids is 2. The van der Waals surface area contributed by atoms with Gasteiger partial charge in [0.2, 0.25) is 11.8 Å². The van der Waals surface area contributed by atoms with Crippen molar-refractivity contribution < 1.29 is 23.5 Å². The third-order valence-corrected chi connectivity index (χ3v) is 5.20. The van der Waals surface area contributed by atoms with Crippen LogP contribution < -0.4 is 5.32 Å². The van der Waals surface area contributed by atoms with E-state index >= 15 is 0 Å². The van der Waals surface area contributed by atoms with Gasteiger partial charge in [-0.05, 0) is 17.7 Å². The highest BCUT2D eigenvalue weighted by atomic mass is 19.1. The van der Waals surface area contributed by atoms with Crippen molar-refractivity contribution in [3.05, 3.63) is 35.4 Å². The number of nitrogens with one attached hydrogen (secondary N) is 1. The van der Waals surface area contributed by atoms with Crippen molar-refractivity contribution in [2.45, 2.75) is 19.0 Å². The number of β-amino-alcohol motifs (C(OH)–C–C–N with tert-alkyl or cyclic N) is 1. The minimum absolute atomic E-state index is 0.0623. The zero-order chi connectivity index (χ0) is 20.1. The van der Waals surface area contributed by atoms with Crippen molar-refractivity contribution in [3.8, 4) is 0 Å². The number of aliphatic hydroxyl groups is 1. The zero-order valence-corrected chi connectivity index (χ0v) is 15.7. The molecule has 7 nitrogen and oxygen atoms in total. The van der Waals surface area contributed by atoms with Gasteiger partial charge in [0, 0.05) is 58.4 Å². The summed E-state index contributed by atoms with van der Waals surface area (Å²) in [7, 11) is 0. The fraction of sp³-hybridized carbons (Fsp3) is 0.579. The van der Waals surface area contributed by atoms with Crippen LogP contribution in [0.5, 0.6) is 0 Å². The van der Waals surface area contributed by atoms with Gasteiger partial charge < -0.3 is 20.2 Å². The number of benzene rings is 1. The predicted molar refractivity (Wildman–Crippen MR) is 98.3 cm³/mol. The smallest absolute Gasteiger partial charge is 0.240 e. The van der Waals surface area contributed by atoms with Gasteiger partial charge in [-0.1, -0.05) is 0 Å². The van der Waals surface area contributed by atoms with Crippen LogP contribution >= 0.6 is 0 Å². The Bertz CT molecular complexity index is 690. The van der Waals surface area contributed by atoms with Crippen LogP contribution in [0.1, 0.15) is 12.0 Å². The molecule has 0 aromatic heterocycles. The summed E-state index contributed by atoms with van der Waals surface area (Å²) in [6.07, 6.45) is 0.0623. The standard InChI is InChI=1S/C19H26F2N4O3/c20-15-9-14(10-16(21)11-15)13-25-2-1-22-17(19(25)28)12-18(27)24-5-3-23(4-6-24)7-8-26/h9-11,17,22,26H,1-8,12-13H2. The molecule has 0 bridgehead atoms. The molecule has 0 spiro atoms. The highest BCUT2D eigenvalue weighted by Gasteiger charge is 2.32. The van der Waals surface area contributed by atoms with Gasteiger partial charge in [-0.25, -0.2) is 8.78 Å². The van der Waals surface area contributed by atoms with E-state index in [9.17, 15) is 18.4 Å². The minimum Gasteiger partial charge on any atom is -0.395 e. The summed E-state index contributed by atoms with van der Waals surface area (Å²) in [4.78, 5) is 30.7. The Morgan fingerprint density at radius 2 is 1.79 bits per heavy atom. The van der Waals surface area contributed by atoms with E-state index in [1.807, 2.05) is 0 Å². The van der Waals surface area contributed by atoms with Crippen LogP contribution in [0.25, 0.3) is 0 Å². The Kier molecular flexibility index (Phi) is 6.93. The van der Waals surface area contributed by atoms with E-state index in [-0.39, 0.29) is 31.4 Å². The molecule has 2 saturated heterocycles. The van der Waals surface area contributed by atoms with Gasteiger partial charge in [-0.2, -0.15) is 0 Å². The van der Waals surface area contributed by atoms with Crippen molar-refractivity contribution in [1.29, 1.82) is 0 Å². The van der Waals surface area contributed by atoms with Crippen LogP contribution in [0.2, 0.25) is 0 Å². The highest BCUT2D eigenvalue weighted by molar-refractivity contribution is 5.89. The van der Waals surface area contributed by atoms with Crippen LogP contribution in [0.15, 0.2) is 18.2 Å². The molecule has 2 amide bonds. The van der Waals surface area contributed by atoms with Gasteiger partial charge >= 0.3 is 0 Å². The van der Waals surface area contributed by atoms with Crippen LogP contribution in [-0.2, 0) is 16.1 Å². The number of piperazine rings is 2. The SMILES string of the molecule is O=C(CC1NCCN(Cc2cc(F)cc(F)c2)C1=O)N1CCN(CCO)CC1. The molecule has 9 heteroatoms. The third kappa shape index (κ3) is 5.24. The number of nitrogens with zero attached hydrogens (tertiary/aromatic N) is 3. The summed E-state index contributed by atoms with van der Waals surface area (Å²) in [5.74, 6) is -1.68. The first-order chi connectivity index (χ1) is 13.5. The first-order valence-electron chi connectivity index (χ1n) is 9.54. The maximum absolute atomic E-state index is 13.4. The first-order valence-corrected chi connectivity index (χ1v) is 9.54. The Balaban J connectivity index is 1.54. The summed E-state index contributed by atoms with van der Waals surface area (Å²) in [5, 5.41) is 12.1. The molecule has 2 aliphatic rings.